The molecule has 1 saturated heterocycles. The lowest BCUT2D eigenvalue weighted by Crippen LogP contribution is -2.31. The Balaban J connectivity index is 1.29. The van der Waals surface area contributed by atoms with Crippen molar-refractivity contribution in [2.24, 2.45) is 0 Å². The number of rotatable bonds is 7. The third-order valence-electron chi connectivity index (χ3n) is 4.46. The fourth-order valence-corrected chi connectivity index (χ4v) is 3.01. The molecule has 4 rings (SSSR count). The highest BCUT2D eigenvalue weighted by Crippen LogP contribution is 2.16. The average molecular weight is 406 g/mol. The van der Waals surface area contributed by atoms with E-state index in [1.807, 2.05) is 36.4 Å². The maximum absolute atomic E-state index is 12.3. The number of hydrogen-bond acceptors (Lipinski definition) is 5. The molecule has 0 spiro atoms. The van der Waals surface area contributed by atoms with Gasteiger partial charge < -0.3 is 15.5 Å². The van der Waals surface area contributed by atoms with E-state index < -0.39 is 6.03 Å². The van der Waals surface area contributed by atoms with E-state index >= 15 is 0 Å². The summed E-state index contributed by atoms with van der Waals surface area (Å²) in [6.45, 7) is 2.47. The summed E-state index contributed by atoms with van der Waals surface area (Å²) in [5.74, 6) is 1.44. The monoisotopic (exact) mass is 406 g/mol. The van der Waals surface area contributed by atoms with E-state index in [9.17, 15) is 9.59 Å². The van der Waals surface area contributed by atoms with E-state index in [0.717, 1.165) is 5.69 Å². The Kier molecular flexibility index (Phi) is 5.74. The molecule has 0 aliphatic carbocycles. The third kappa shape index (κ3) is 5.04. The van der Waals surface area contributed by atoms with E-state index in [2.05, 4.69) is 31.3 Å². The van der Waals surface area contributed by atoms with Crippen LogP contribution in [0.1, 0.15) is 0 Å². The summed E-state index contributed by atoms with van der Waals surface area (Å²) >= 11 is 0. The number of nitrogens with one attached hydrogen (secondary N) is 4. The number of amides is 4. The summed E-state index contributed by atoms with van der Waals surface area (Å²) in [6, 6.07) is 16.2. The molecule has 154 valence electrons. The van der Waals surface area contributed by atoms with Crippen LogP contribution in [0.5, 0.6) is 0 Å². The quantitative estimate of drug-likeness (QED) is 0.481. The first-order valence-corrected chi connectivity index (χ1v) is 9.59. The number of pyridine rings is 1. The van der Waals surface area contributed by atoms with E-state index in [1.54, 1.807) is 34.0 Å². The van der Waals surface area contributed by atoms with Gasteiger partial charge in [0.25, 0.3) is 0 Å². The predicted molar refractivity (Wildman–Crippen MR) is 114 cm³/mol. The van der Waals surface area contributed by atoms with Crippen LogP contribution in [0.2, 0.25) is 0 Å². The topological polar surface area (TPSA) is 116 Å². The van der Waals surface area contributed by atoms with Crippen LogP contribution in [0, 0.1) is 0 Å². The van der Waals surface area contributed by atoms with Crippen LogP contribution in [0.25, 0.3) is 0 Å². The van der Waals surface area contributed by atoms with E-state index in [4.69, 9.17) is 0 Å². The molecule has 4 amide bonds. The number of aromatic nitrogens is 3. The van der Waals surface area contributed by atoms with Crippen LogP contribution >= 0.6 is 0 Å². The molecule has 10 nitrogen and oxygen atoms in total. The van der Waals surface area contributed by atoms with Crippen LogP contribution in [0.4, 0.5) is 32.7 Å². The molecule has 1 fully saturated rings. The molecular weight excluding hydrogens is 384 g/mol. The summed E-state index contributed by atoms with van der Waals surface area (Å²) in [6.07, 6.45) is 1.76. The summed E-state index contributed by atoms with van der Waals surface area (Å²) in [4.78, 5) is 29.9. The highest BCUT2D eigenvalue weighted by Gasteiger charge is 2.18. The van der Waals surface area contributed by atoms with Crippen LogP contribution < -0.4 is 21.3 Å². The second-order valence-electron chi connectivity index (χ2n) is 6.66. The summed E-state index contributed by atoms with van der Waals surface area (Å²) < 4.78 is 1.68. The van der Waals surface area contributed by atoms with Gasteiger partial charge in [0.05, 0.1) is 6.54 Å². The SMILES string of the molecule is O=C(Nc1cccc(Nc2ccccc2)n1)Nc1ccn(CCN2CCNC2=O)n1. The van der Waals surface area contributed by atoms with Crippen molar-refractivity contribution >= 4 is 35.2 Å². The van der Waals surface area contributed by atoms with Gasteiger partial charge in [-0.25, -0.2) is 14.6 Å². The van der Waals surface area contributed by atoms with Crippen molar-refractivity contribution in [3.8, 4) is 0 Å². The first kappa shape index (κ1) is 19.2. The van der Waals surface area contributed by atoms with Crippen LogP contribution in [-0.2, 0) is 6.54 Å². The second kappa shape index (κ2) is 8.95. The minimum Gasteiger partial charge on any atom is -0.340 e. The fraction of sp³-hybridized carbons (Fsp3) is 0.200. The van der Waals surface area contributed by atoms with Crippen molar-refractivity contribution in [2.45, 2.75) is 6.54 Å². The van der Waals surface area contributed by atoms with Gasteiger partial charge in [0.2, 0.25) is 0 Å². The Morgan fingerprint density at radius 1 is 0.967 bits per heavy atom. The first-order chi connectivity index (χ1) is 14.7. The fourth-order valence-electron chi connectivity index (χ4n) is 3.01. The minimum absolute atomic E-state index is 0.0589. The molecule has 1 aromatic carbocycles. The van der Waals surface area contributed by atoms with Crippen LogP contribution in [0.15, 0.2) is 60.8 Å². The van der Waals surface area contributed by atoms with Gasteiger partial charge in [0.15, 0.2) is 5.82 Å². The van der Waals surface area contributed by atoms with Crippen LogP contribution in [0.3, 0.4) is 0 Å². The molecule has 10 heteroatoms. The van der Waals surface area contributed by atoms with Gasteiger partial charge in [-0.15, -0.1) is 0 Å². The second-order valence-corrected chi connectivity index (χ2v) is 6.66. The summed E-state index contributed by atoms with van der Waals surface area (Å²) in [5, 5.41) is 15.6. The number of carbonyl (C=O) groups is 2. The average Bonchev–Trinajstić information content (AvgIpc) is 3.36. The Morgan fingerprint density at radius 3 is 2.57 bits per heavy atom. The highest BCUT2D eigenvalue weighted by atomic mass is 16.2. The first-order valence-electron chi connectivity index (χ1n) is 9.59. The zero-order valence-electron chi connectivity index (χ0n) is 16.2. The lowest BCUT2D eigenvalue weighted by Gasteiger charge is -2.13. The highest BCUT2D eigenvalue weighted by molar-refractivity contribution is 5.98. The summed E-state index contributed by atoms with van der Waals surface area (Å²) in [7, 11) is 0. The van der Waals surface area contributed by atoms with Crippen LogP contribution in [-0.4, -0.2) is 51.4 Å². The number of carbonyl (C=O) groups excluding carboxylic acids is 2. The van der Waals surface area contributed by atoms with Gasteiger partial charge in [-0.1, -0.05) is 24.3 Å². The summed E-state index contributed by atoms with van der Waals surface area (Å²) in [5.41, 5.74) is 0.906. The molecule has 0 bridgehead atoms. The largest absolute Gasteiger partial charge is 0.340 e. The molecule has 0 unspecified atom stereocenters. The van der Waals surface area contributed by atoms with E-state index in [1.165, 1.54) is 0 Å². The van der Waals surface area contributed by atoms with Crippen molar-refractivity contribution < 1.29 is 9.59 Å². The lowest BCUT2D eigenvalue weighted by atomic mass is 10.3. The zero-order chi connectivity index (χ0) is 20.8. The molecule has 4 N–H and O–H groups in total. The Bertz CT molecular complexity index is 1020. The normalized spacial score (nSPS) is 13.1. The molecule has 1 aliphatic heterocycles. The molecule has 3 heterocycles. The van der Waals surface area contributed by atoms with Gasteiger partial charge in [-0.05, 0) is 24.3 Å². The molecule has 0 saturated carbocycles. The Morgan fingerprint density at radius 2 is 1.77 bits per heavy atom. The Labute approximate surface area is 173 Å². The number of nitrogens with zero attached hydrogens (tertiary/aromatic N) is 4. The van der Waals surface area contributed by atoms with Crippen molar-refractivity contribution in [2.75, 3.05) is 35.6 Å². The lowest BCUT2D eigenvalue weighted by molar-refractivity contribution is 0.215. The third-order valence-corrected chi connectivity index (χ3v) is 4.46. The van der Waals surface area contributed by atoms with E-state index in [-0.39, 0.29) is 6.03 Å². The predicted octanol–water partition coefficient (Wildman–Crippen LogP) is 2.69. The molecule has 2 aromatic heterocycles. The van der Waals surface area contributed by atoms with Gasteiger partial charge in [-0.2, -0.15) is 5.10 Å². The van der Waals surface area contributed by atoms with Gasteiger partial charge in [0.1, 0.15) is 11.6 Å². The van der Waals surface area contributed by atoms with Crippen molar-refractivity contribution in [1.29, 1.82) is 0 Å². The van der Waals surface area contributed by atoms with Gasteiger partial charge in [-0.3, -0.25) is 15.3 Å². The number of urea groups is 2. The zero-order valence-corrected chi connectivity index (χ0v) is 16.2. The minimum atomic E-state index is -0.441. The number of hydrogen-bond donors (Lipinski definition) is 4. The molecule has 1 aliphatic rings. The maximum Gasteiger partial charge on any atom is 0.326 e. The molecule has 0 atom stereocenters. The molecule has 0 radical (unpaired) electrons. The standard InChI is InChI=1S/C20H22N8O2/c29-19(24-17-8-4-7-16(23-17)22-15-5-2-1-3-6-15)25-18-9-11-28(26-18)14-13-27-12-10-21-20(27)30/h1-9,11H,10,12-14H2,(H,21,30)(H3,22,23,24,25,26,29). The van der Waals surface area contributed by atoms with Gasteiger partial charge in [0, 0.05) is 37.6 Å². The van der Waals surface area contributed by atoms with Crippen molar-refractivity contribution in [3.05, 3.63) is 60.8 Å². The maximum atomic E-state index is 12.3. The number of anilines is 4. The van der Waals surface area contributed by atoms with E-state index in [0.29, 0.717) is 43.6 Å². The van der Waals surface area contributed by atoms with Crippen molar-refractivity contribution in [3.63, 3.8) is 0 Å². The molecule has 3 aromatic rings. The van der Waals surface area contributed by atoms with Gasteiger partial charge >= 0.3 is 12.1 Å². The van der Waals surface area contributed by atoms with Crippen molar-refractivity contribution in [1.82, 2.24) is 25.0 Å². The molecule has 30 heavy (non-hydrogen) atoms. The Hall–Kier alpha value is -4.08. The molecular formula is C20H22N8O2. The number of benzene rings is 1. The number of para-hydroxylation sites is 1. The smallest absolute Gasteiger partial charge is 0.326 e.